The maximum absolute atomic E-state index is 12.1. The number of rotatable bonds is 1. The molecule has 1 fully saturated rings. The number of carboxylic acid groups (broad SMARTS) is 1. The lowest BCUT2D eigenvalue weighted by Crippen LogP contribution is -2.60. The van der Waals surface area contributed by atoms with E-state index in [2.05, 4.69) is 35.9 Å². The number of carbonyl (C=O) groups excluding carboxylic acids is 1. The molecule has 124 valence electrons. The molecule has 0 amide bonds. The van der Waals surface area contributed by atoms with E-state index < -0.39 is 12.0 Å². The van der Waals surface area contributed by atoms with E-state index in [0.29, 0.717) is 6.04 Å². The molecule has 4 heterocycles. The van der Waals surface area contributed by atoms with Crippen LogP contribution < -0.4 is 5.11 Å². The van der Waals surface area contributed by atoms with Crippen molar-refractivity contribution in [2.75, 3.05) is 20.1 Å². The predicted octanol–water partition coefficient (Wildman–Crippen LogP) is 1.96. The Morgan fingerprint density at radius 3 is 2.92 bits per heavy atom. The highest BCUT2D eigenvalue weighted by Crippen LogP contribution is 2.55. The van der Waals surface area contributed by atoms with Gasteiger partial charge in [-0.1, -0.05) is 24.3 Å². The number of fused-ring (bicyclic) bond motifs is 4. The average Bonchev–Trinajstić information content (AvgIpc) is 2.90. The van der Waals surface area contributed by atoms with Crippen LogP contribution in [0, 0.1) is 5.92 Å². The zero-order valence-corrected chi connectivity index (χ0v) is 14.2. The number of hydrogen-bond donors (Lipinski definition) is 0. The fourth-order valence-electron chi connectivity index (χ4n) is 5.66. The van der Waals surface area contributed by atoms with Crippen molar-refractivity contribution in [3.05, 3.63) is 47.2 Å². The minimum Gasteiger partial charge on any atom is -0.548 e. The van der Waals surface area contributed by atoms with Crippen LogP contribution in [0.4, 0.5) is 0 Å². The van der Waals surface area contributed by atoms with Crippen molar-refractivity contribution >= 4 is 16.9 Å². The normalized spacial score (nSPS) is 35.4. The molecule has 1 aromatic heterocycles. The van der Waals surface area contributed by atoms with Crippen molar-refractivity contribution in [1.82, 2.24) is 4.57 Å². The summed E-state index contributed by atoms with van der Waals surface area (Å²) in [4.78, 5) is 12.1. The monoisotopic (exact) mass is 322 g/mol. The van der Waals surface area contributed by atoms with Crippen LogP contribution in [-0.4, -0.2) is 35.2 Å². The zero-order valence-electron chi connectivity index (χ0n) is 14.2. The number of aromatic nitrogens is 1. The Kier molecular flexibility index (Phi) is 2.69. The molecule has 0 radical (unpaired) electrons. The number of aliphatic carboxylic acids is 1. The Hall–Kier alpha value is -2.07. The van der Waals surface area contributed by atoms with Gasteiger partial charge in [-0.05, 0) is 24.1 Å². The van der Waals surface area contributed by atoms with Crippen molar-refractivity contribution in [1.29, 1.82) is 0 Å². The molecule has 1 saturated heterocycles. The summed E-state index contributed by atoms with van der Waals surface area (Å²) < 4.78 is 3.14. The number of carbonyl (C=O) groups is 1. The van der Waals surface area contributed by atoms with Gasteiger partial charge in [0.25, 0.3) is 0 Å². The van der Waals surface area contributed by atoms with Crippen LogP contribution in [0.1, 0.15) is 36.7 Å². The quantitative estimate of drug-likeness (QED) is 0.595. The highest BCUT2D eigenvalue weighted by atomic mass is 16.4. The first-order valence-corrected chi connectivity index (χ1v) is 8.87. The van der Waals surface area contributed by atoms with Gasteiger partial charge in [0.15, 0.2) is 0 Å². The summed E-state index contributed by atoms with van der Waals surface area (Å²) in [6.45, 7) is 4.15. The van der Waals surface area contributed by atoms with Crippen LogP contribution in [0.25, 0.3) is 10.9 Å². The molecular formula is C20H22N2O2. The first kappa shape index (κ1) is 14.3. The van der Waals surface area contributed by atoms with Gasteiger partial charge in [0.2, 0.25) is 0 Å². The molecule has 4 atom stereocenters. The van der Waals surface area contributed by atoms with E-state index in [1.54, 1.807) is 0 Å². The molecule has 2 bridgehead atoms. The van der Waals surface area contributed by atoms with Crippen LogP contribution in [-0.2, 0) is 11.2 Å². The Balaban J connectivity index is 1.91. The van der Waals surface area contributed by atoms with Crippen molar-refractivity contribution in [3.63, 3.8) is 0 Å². The van der Waals surface area contributed by atoms with Gasteiger partial charge in [0.1, 0.15) is 12.6 Å². The summed E-state index contributed by atoms with van der Waals surface area (Å²) >= 11 is 0. The van der Waals surface area contributed by atoms with Crippen molar-refractivity contribution < 1.29 is 14.4 Å². The molecule has 24 heavy (non-hydrogen) atoms. The largest absolute Gasteiger partial charge is 0.548 e. The van der Waals surface area contributed by atoms with Gasteiger partial charge in [0, 0.05) is 29.7 Å². The topological polar surface area (TPSA) is 45.1 Å². The first-order valence-electron chi connectivity index (χ1n) is 8.87. The highest BCUT2D eigenvalue weighted by molar-refractivity contribution is 5.88. The van der Waals surface area contributed by atoms with E-state index in [0.717, 1.165) is 35.9 Å². The third-order valence-electron chi connectivity index (χ3n) is 6.77. The molecule has 4 unspecified atom stereocenters. The highest BCUT2D eigenvalue weighted by Gasteiger charge is 2.54. The summed E-state index contributed by atoms with van der Waals surface area (Å²) in [6.07, 6.45) is 4.10. The Labute approximate surface area is 141 Å². The molecule has 0 saturated carbocycles. The van der Waals surface area contributed by atoms with Gasteiger partial charge in [-0.25, -0.2) is 0 Å². The summed E-state index contributed by atoms with van der Waals surface area (Å²) in [5.41, 5.74) is 5.00. The van der Waals surface area contributed by atoms with Crippen LogP contribution >= 0.6 is 0 Å². The summed E-state index contributed by atoms with van der Waals surface area (Å²) in [5, 5.41) is 13.4. The molecule has 4 heteroatoms. The summed E-state index contributed by atoms with van der Waals surface area (Å²) in [7, 11) is 2.34. The van der Waals surface area contributed by atoms with Crippen LogP contribution in [0.2, 0.25) is 0 Å². The molecule has 1 aromatic carbocycles. The first-order chi connectivity index (χ1) is 11.5. The van der Waals surface area contributed by atoms with Crippen molar-refractivity contribution in [3.8, 4) is 0 Å². The molecule has 0 aliphatic carbocycles. The van der Waals surface area contributed by atoms with Gasteiger partial charge >= 0.3 is 0 Å². The Morgan fingerprint density at radius 1 is 1.38 bits per heavy atom. The lowest BCUT2D eigenvalue weighted by molar-refractivity contribution is -0.943. The number of quaternary nitrogens is 1. The van der Waals surface area contributed by atoms with Crippen molar-refractivity contribution in [2.45, 2.75) is 31.8 Å². The lowest BCUT2D eigenvalue weighted by Gasteiger charge is -2.55. The molecule has 2 aromatic rings. The average molecular weight is 322 g/mol. The van der Waals surface area contributed by atoms with E-state index in [9.17, 15) is 9.90 Å². The predicted molar refractivity (Wildman–Crippen MR) is 90.2 cm³/mol. The van der Waals surface area contributed by atoms with Crippen LogP contribution in [0.5, 0.6) is 0 Å². The minimum absolute atomic E-state index is 0.0606. The van der Waals surface area contributed by atoms with E-state index in [1.165, 1.54) is 22.2 Å². The van der Waals surface area contributed by atoms with Gasteiger partial charge < -0.3 is 19.0 Å². The number of para-hydroxylation sites is 1. The standard InChI is InChI=1S/C20H22N2O2/c1-3-12-11-22(2)9-8-14-13-6-4-5-7-16(13)21-18(14)17(22)10-15(12)19(21)20(23)24/h3-7,15,17,19H,8-11H2,1-2H3. The number of hydrogen-bond acceptors (Lipinski definition) is 2. The van der Waals surface area contributed by atoms with Crippen molar-refractivity contribution in [2.24, 2.45) is 5.92 Å². The number of carboxylic acids is 1. The zero-order chi connectivity index (χ0) is 16.6. The molecule has 0 spiro atoms. The molecule has 3 aliphatic rings. The third-order valence-corrected chi connectivity index (χ3v) is 6.77. The van der Waals surface area contributed by atoms with Gasteiger partial charge in [0.05, 0.1) is 31.3 Å². The van der Waals surface area contributed by atoms with E-state index >= 15 is 0 Å². The maximum atomic E-state index is 12.1. The third kappa shape index (κ3) is 1.55. The van der Waals surface area contributed by atoms with Crippen LogP contribution in [0.15, 0.2) is 35.9 Å². The molecule has 0 N–H and O–H groups in total. The fraction of sp³-hybridized carbons (Fsp3) is 0.450. The molecule has 3 aliphatic heterocycles. The minimum atomic E-state index is -0.942. The number of allylic oxidation sites excluding steroid dienone is 1. The SMILES string of the molecule is CC=C1C[N+]2(C)CCc3c4n(c5ccccc35)C(C(=O)[O-])C1CC42. The fourth-order valence-corrected chi connectivity index (χ4v) is 5.66. The molecule has 5 rings (SSSR count). The van der Waals surface area contributed by atoms with E-state index in [1.807, 2.05) is 13.0 Å². The summed E-state index contributed by atoms with van der Waals surface area (Å²) in [6, 6.07) is 8.13. The Morgan fingerprint density at radius 2 is 2.17 bits per heavy atom. The van der Waals surface area contributed by atoms with Gasteiger partial charge in [-0.15, -0.1) is 0 Å². The molecular weight excluding hydrogens is 300 g/mol. The maximum Gasteiger partial charge on any atom is 0.131 e. The van der Waals surface area contributed by atoms with Gasteiger partial charge in [-0.2, -0.15) is 0 Å². The number of likely N-dealkylation sites (N-methyl/N-ethyl adjacent to an activating group) is 1. The lowest BCUT2D eigenvalue weighted by atomic mass is 9.73. The second kappa shape index (κ2) is 4.51. The molecule has 4 nitrogen and oxygen atoms in total. The number of nitrogens with zero attached hydrogens (tertiary/aromatic N) is 2. The van der Waals surface area contributed by atoms with Gasteiger partial charge in [-0.3, -0.25) is 0 Å². The van der Waals surface area contributed by atoms with Crippen LogP contribution in [0.3, 0.4) is 0 Å². The number of benzene rings is 1. The second-order valence-electron chi connectivity index (χ2n) is 7.85. The number of piperidine rings is 1. The second-order valence-corrected chi connectivity index (χ2v) is 7.85. The smallest absolute Gasteiger partial charge is 0.131 e. The Bertz CT molecular complexity index is 910. The van der Waals surface area contributed by atoms with E-state index in [4.69, 9.17) is 0 Å². The summed E-state index contributed by atoms with van der Waals surface area (Å²) in [5.74, 6) is -0.881. The van der Waals surface area contributed by atoms with E-state index in [-0.39, 0.29) is 5.92 Å².